The molecule has 1 aromatic rings. The zero-order valence-corrected chi connectivity index (χ0v) is 21.4. The molecule has 194 valence electrons. The zero-order valence-electron chi connectivity index (χ0n) is 21.4. The Morgan fingerprint density at radius 2 is 1.54 bits per heavy atom. The van der Waals surface area contributed by atoms with Crippen molar-refractivity contribution in [3.8, 4) is 0 Å². The van der Waals surface area contributed by atoms with Crippen molar-refractivity contribution in [2.75, 3.05) is 26.7 Å². The minimum absolute atomic E-state index is 0.0609. The maximum atomic E-state index is 13.1. The van der Waals surface area contributed by atoms with Crippen molar-refractivity contribution >= 4 is 11.7 Å². The quantitative estimate of drug-likeness (QED) is 0.476. The Morgan fingerprint density at radius 1 is 0.914 bits per heavy atom. The summed E-state index contributed by atoms with van der Waals surface area (Å²) in [7, 11) is 1.79. The van der Waals surface area contributed by atoms with Gasteiger partial charge in [-0.3, -0.25) is 9.59 Å². The number of hydrogen-bond acceptors (Lipinski definition) is 4. The highest BCUT2D eigenvalue weighted by molar-refractivity contribution is 5.97. The van der Waals surface area contributed by atoms with Gasteiger partial charge in [-0.1, -0.05) is 0 Å². The molecule has 0 aromatic heterocycles. The molecule has 1 aromatic carbocycles. The highest BCUT2D eigenvalue weighted by Gasteiger charge is 2.28. The molecule has 1 heterocycles. The van der Waals surface area contributed by atoms with Crippen molar-refractivity contribution in [3.63, 3.8) is 0 Å². The molecule has 35 heavy (non-hydrogen) atoms. The maximum absolute atomic E-state index is 13.1. The summed E-state index contributed by atoms with van der Waals surface area (Å²) in [5.41, 5.74) is 0.632. The number of ketones is 1. The first-order valence-electron chi connectivity index (χ1n) is 13.8. The third-order valence-corrected chi connectivity index (χ3v) is 8.75. The van der Waals surface area contributed by atoms with E-state index in [1.54, 1.807) is 19.2 Å². The molecular formula is C29H43FN2O3. The lowest BCUT2D eigenvalue weighted by molar-refractivity contribution is -0.123. The molecule has 0 atom stereocenters. The van der Waals surface area contributed by atoms with Crippen LogP contribution in [0.5, 0.6) is 0 Å². The number of halogens is 1. The van der Waals surface area contributed by atoms with Gasteiger partial charge in [0.25, 0.3) is 0 Å². The van der Waals surface area contributed by atoms with Crippen LogP contribution >= 0.6 is 0 Å². The number of carbonyl (C=O) groups is 2. The van der Waals surface area contributed by atoms with Gasteiger partial charge in [-0.2, -0.15) is 0 Å². The summed E-state index contributed by atoms with van der Waals surface area (Å²) in [5, 5.41) is 3.32. The highest BCUT2D eigenvalue weighted by atomic mass is 19.1. The van der Waals surface area contributed by atoms with Crippen LogP contribution in [0.4, 0.5) is 4.39 Å². The number of Topliss-reactive ketones (excluding diaryl/α,β-unsaturated/α-hetero) is 1. The van der Waals surface area contributed by atoms with Crippen molar-refractivity contribution in [1.82, 2.24) is 10.2 Å². The van der Waals surface area contributed by atoms with Crippen LogP contribution in [-0.2, 0) is 9.53 Å². The molecule has 1 saturated heterocycles. The van der Waals surface area contributed by atoms with Crippen molar-refractivity contribution < 1.29 is 18.7 Å². The van der Waals surface area contributed by atoms with Crippen LogP contribution in [0.15, 0.2) is 24.3 Å². The fraction of sp³-hybridized carbons (Fsp3) is 0.724. The zero-order chi connectivity index (χ0) is 24.6. The number of ether oxygens (including phenoxy) is 1. The van der Waals surface area contributed by atoms with Crippen LogP contribution in [0.2, 0.25) is 0 Å². The van der Waals surface area contributed by atoms with Crippen LogP contribution in [0, 0.1) is 23.6 Å². The van der Waals surface area contributed by atoms with E-state index in [1.165, 1.54) is 31.4 Å². The summed E-state index contributed by atoms with van der Waals surface area (Å²) >= 11 is 0. The monoisotopic (exact) mass is 486 g/mol. The minimum atomic E-state index is -0.298. The van der Waals surface area contributed by atoms with E-state index >= 15 is 0 Å². The molecule has 5 nitrogen and oxygen atoms in total. The molecule has 1 amide bonds. The molecule has 4 rings (SSSR count). The number of nitrogens with zero attached hydrogens (tertiary/aromatic N) is 1. The molecule has 2 saturated carbocycles. The van der Waals surface area contributed by atoms with Gasteiger partial charge in [-0.05, 0) is 126 Å². The predicted molar refractivity (Wildman–Crippen MR) is 136 cm³/mol. The summed E-state index contributed by atoms with van der Waals surface area (Å²) in [6.07, 6.45) is 13.0. The highest BCUT2D eigenvalue weighted by Crippen LogP contribution is 2.30. The van der Waals surface area contributed by atoms with Gasteiger partial charge in [0.15, 0.2) is 5.78 Å². The molecule has 6 heteroatoms. The van der Waals surface area contributed by atoms with Gasteiger partial charge in [0, 0.05) is 31.1 Å². The summed E-state index contributed by atoms with van der Waals surface area (Å²) in [6.45, 7) is 3.04. The Bertz CT molecular complexity index is 806. The summed E-state index contributed by atoms with van der Waals surface area (Å²) < 4.78 is 18.6. The molecule has 0 radical (unpaired) electrons. The number of amides is 1. The average Bonchev–Trinajstić information content (AvgIpc) is 2.89. The lowest BCUT2D eigenvalue weighted by Crippen LogP contribution is -2.40. The van der Waals surface area contributed by atoms with Crippen LogP contribution < -0.4 is 5.32 Å². The van der Waals surface area contributed by atoms with Gasteiger partial charge < -0.3 is 15.0 Å². The summed E-state index contributed by atoms with van der Waals surface area (Å²) in [6, 6.07) is 6.31. The Hall–Kier alpha value is -1.79. The third-order valence-electron chi connectivity index (χ3n) is 8.75. The van der Waals surface area contributed by atoms with Crippen LogP contribution in [-0.4, -0.2) is 55.5 Å². The van der Waals surface area contributed by atoms with E-state index in [0.29, 0.717) is 30.0 Å². The number of hydrogen-bond donors (Lipinski definition) is 1. The van der Waals surface area contributed by atoms with E-state index < -0.39 is 0 Å². The predicted octanol–water partition coefficient (Wildman–Crippen LogP) is 5.38. The third kappa shape index (κ3) is 7.85. The van der Waals surface area contributed by atoms with Crippen molar-refractivity contribution in [1.29, 1.82) is 0 Å². The van der Waals surface area contributed by atoms with E-state index in [2.05, 4.69) is 10.2 Å². The fourth-order valence-electron chi connectivity index (χ4n) is 6.35. The van der Waals surface area contributed by atoms with Gasteiger partial charge >= 0.3 is 0 Å². The molecular weight excluding hydrogens is 443 g/mol. The molecule has 3 fully saturated rings. The maximum Gasteiger partial charge on any atom is 0.220 e. The van der Waals surface area contributed by atoms with E-state index in [9.17, 15) is 14.0 Å². The van der Waals surface area contributed by atoms with Crippen LogP contribution in [0.3, 0.4) is 0 Å². The second-order valence-corrected chi connectivity index (χ2v) is 11.1. The topological polar surface area (TPSA) is 58.6 Å². The molecule has 1 N–H and O–H groups in total. The smallest absolute Gasteiger partial charge is 0.220 e. The van der Waals surface area contributed by atoms with Crippen molar-refractivity contribution in [2.24, 2.45) is 17.8 Å². The van der Waals surface area contributed by atoms with Crippen molar-refractivity contribution in [3.05, 3.63) is 35.6 Å². The lowest BCUT2D eigenvalue weighted by atomic mass is 9.83. The Labute approximate surface area is 210 Å². The fourth-order valence-corrected chi connectivity index (χ4v) is 6.35. The average molecular weight is 487 g/mol. The van der Waals surface area contributed by atoms with Gasteiger partial charge in [0.1, 0.15) is 5.82 Å². The van der Waals surface area contributed by atoms with Gasteiger partial charge in [0.05, 0.1) is 6.10 Å². The Morgan fingerprint density at radius 3 is 2.17 bits per heavy atom. The summed E-state index contributed by atoms with van der Waals surface area (Å²) in [5.74, 6) is 1.43. The SMILES string of the molecule is CO[C@H]1CC[C@H](CC(=O)N[C@H]2CC[C@@H](CCN3CCC(C(=O)c4ccc(F)cc4)CC3)CC2)CC1. The van der Waals surface area contributed by atoms with Crippen molar-refractivity contribution in [2.45, 2.75) is 89.2 Å². The Kier molecular flexibility index (Phi) is 9.73. The second-order valence-electron chi connectivity index (χ2n) is 11.1. The largest absolute Gasteiger partial charge is 0.381 e. The number of methoxy groups -OCH3 is 1. The van der Waals surface area contributed by atoms with E-state index in [4.69, 9.17) is 4.74 Å². The van der Waals surface area contributed by atoms with Crippen LogP contribution in [0.25, 0.3) is 0 Å². The van der Waals surface area contributed by atoms with Gasteiger partial charge in [0.2, 0.25) is 5.91 Å². The standard InChI is InChI=1S/C29H43FN2O3/c1-35-27-12-4-22(5-13-27)20-28(33)31-26-10-2-21(3-11-26)14-17-32-18-15-24(16-19-32)29(34)23-6-8-25(30)9-7-23/h6-9,21-22,24,26-27H,2-5,10-20H2,1H3,(H,31,33)/t21-,22-,26+,27-. The summed E-state index contributed by atoms with van der Waals surface area (Å²) in [4.78, 5) is 27.7. The molecule has 3 aliphatic rings. The second kappa shape index (κ2) is 13.0. The first-order chi connectivity index (χ1) is 17.0. The molecule has 1 aliphatic heterocycles. The van der Waals surface area contributed by atoms with Gasteiger partial charge in [-0.25, -0.2) is 4.39 Å². The first-order valence-corrected chi connectivity index (χ1v) is 13.8. The van der Waals surface area contributed by atoms with E-state index in [0.717, 1.165) is 76.9 Å². The van der Waals surface area contributed by atoms with Gasteiger partial charge in [-0.15, -0.1) is 0 Å². The molecule has 2 aliphatic carbocycles. The number of likely N-dealkylation sites (tertiary alicyclic amines) is 1. The first kappa shape index (κ1) is 26.3. The van der Waals surface area contributed by atoms with E-state index in [-0.39, 0.29) is 23.4 Å². The van der Waals surface area contributed by atoms with Crippen LogP contribution in [0.1, 0.15) is 87.4 Å². The minimum Gasteiger partial charge on any atom is -0.381 e. The Balaban J connectivity index is 1.08. The number of carbonyl (C=O) groups excluding carboxylic acids is 2. The normalized spacial score (nSPS) is 28.5. The number of rotatable bonds is 9. The molecule has 0 unspecified atom stereocenters. The molecule has 0 spiro atoms. The molecule has 0 bridgehead atoms. The number of piperidine rings is 1. The number of nitrogens with one attached hydrogen (secondary N) is 1. The van der Waals surface area contributed by atoms with E-state index in [1.807, 2.05) is 0 Å². The lowest BCUT2D eigenvalue weighted by Gasteiger charge is -2.34. The number of benzene rings is 1.